The van der Waals surface area contributed by atoms with Gasteiger partial charge in [0.1, 0.15) is 17.9 Å². The summed E-state index contributed by atoms with van der Waals surface area (Å²) in [5.74, 6) is 2.31. The topological polar surface area (TPSA) is 76.9 Å². The molecule has 3 aromatic rings. The molecule has 7 heteroatoms. The molecule has 0 amide bonds. The lowest BCUT2D eigenvalue weighted by Gasteiger charge is -2.24. The predicted octanol–water partition coefficient (Wildman–Crippen LogP) is 1.99. The second-order valence-corrected chi connectivity index (χ2v) is 5.92. The second-order valence-electron chi connectivity index (χ2n) is 5.92. The average molecular weight is 324 g/mol. The van der Waals surface area contributed by atoms with E-state index in [9.17, 15) is 0 Å². The van der Waals surface area contributed by atoms with Crippen molar-refractivity contribution in [3.8, 4) is 11.6 Å². The van der Waals surface area contributed by atoms with Crippen molar-refractivity contribution in [2.24, 2.45) is 0 Å². The second kappa shape index (κ2) is 6.45. The van der Waals surface area contributed by atoms with Gasteiger partial charge in [-0.15, -0.1) is 0 Å². The lowest BCUT2D eigenvalue weighted by molar-refractivity contribution is 0.415. The molecule has 1 saturated heterocycles. The van der Waals surface area contributed by atoms with Crippen molar-refractivity contribution in [1.82, 2.24) is 24.8 Å². The summed E-state index contributed by atoms with van der Waals surface area (Å²) in [7, 11) is 1.66. The highest BCUT2D eigenvalue weighted by Crippen LogP contribution is 2.22. The summed E-state index contributed by atoms with van der Waals surface area (Å²) in [5, 5.41) is 6.85. The number of benzene rings is 1. The fourth-order valence-electron chi connectivity index (χ4n) is 3.02. The molecule has 0 saturated carbocycles. The number of hydrogen-bond donors (Lipinski definition) is 2. The zero-order valence-corrected chi connectivity index (χ0v) is 13.6. The molecule has 1 aliphatic rings. The van der Waals surface area contributed by atoms with Crippen LogP contribution in [0.15, 0.2) is 36.9 Å². The molecule has 3 heterocycles. The first kappa shape index (κ1) is 14.9. The van der Waals surface area contributed by atoms with Crippen LogP contribution in [0.5, 0.6) is 5.75 Å². The van der Waals surface area contributed by atoms with Crippen molar-refractivity contribution in [1.29, 1.82) is 0 Å². The molecule has 0 unspecified atom stereocenters. The molecule has 2 N–H and O–H groups in total. The third kappa shape index (κ3) is 2.90. The van der Waals surface area contributed by atoms with E-state index in [2.05, 4.69) is 20.6 Å². The highest BCUT2D eigenvalue weighted by atomic mass is 16.5. The van der Waals surface area contributed by atoms with Crippen molar-refractivity contribution in [2.75, 3.05) is 25.5 Å². The van der Waals surface area contributed by atoms with E-state index in [-0.39, 0.29) is 0 Å². The molecule has 1 aromatic carbocycles. The molecule has 0 aliphatic carbocycles. The molecule has 0 radical (unpaired) electrons. The molecule has 124 valence electrons. The molecule has 2 aromatic heterocycles. The lowest BCUT2D eigenvalue weighted by Crippen LogP contribution is -2.38. The standard InChI is InChI=1S/C17H20N6O/c1-24-13-4-5-14-15(7-13)23(11-20-14)17-10-19-9-16(22-17)21-12-3-2-6-18-8-12/h4-5,7,9-12,18H,2-3,6,8H2,1H3,(H,21,22)/t12-/m1/s1. The molecule has 1 fully saturated rings. The molecule has 4 rings (SSSR count). The van der Waals surface area contributed by atoms with Gasteiger partial charge in [0.05, 0.1) is 30.5 Å². The summed E-state index contributed by atoms with van der Waals surface area (Å²) in [5.41, 5.74) is 1.84. The third-order valence-electron chi connectivity index (χ3n) is 4.27. The monoisotopic (exact) mass is 324 g/mol. The zero-order valence-electron chi connectivity index (χ0n) is 13.6. The smallest absolute Gasteiger partial charge is 0.159 e. The fraction of sp³-hybridized carbons (Fsp3) is 0.353. The Labute approximate surface area is 140 Å². The van der Waals surface area contributed by atoms with Crippen molar-refractivity contribution in [3.63, 3.8) is 0 Å². The van der Waals surface area contributed by atoms with Crippen LogP contribution in [0.1, 0.15) is 12.8 Å². The van der Waals surface area contributed by atoms with Crippen LogP contribution in [-0.4, -0.2) is 45.8 Å². The number of ether oxygens (including phenoxy) is 1. The molecule has 24 heavy (non-hydrogen) atoms. The van der Waals surface area contributed by atoms with Crippen molar-refractivity contribution in [2.45, 2.75) is 18.9 Å². The first-order valence-corrected chi connectivity index (χ1v) is 8.14. The van der Waals surface area contributed by atoms with Gasteiger partial charge in [-0.25, -0.2) is 9.97 Å². The Kier molecular flexibility index (Phi) is 4.00. The Balaban J connectivity index is 1.65. The van der Waals surface area contributed by atoms with Crippen molar-refractivity contribution in [3.05, 3.63) is 36.9 Å². The summed E-state index contributed by atoms with van der Waals surface area (Å²) < 4.78 is 7.24. The van der Waals surface area contributed by atoms with Crippen LogP contribution in [0.3, 0.4) is 0 Å². The summed E-state index contributed by atoms with van der Waals surface area (Å²) in [4.78, 5) is 13.5. The predicted molar refractivity (Wildman–Crippen MR) is 92.7 cm³/mol. The number of aromatic nitrogens is 4. The Morgan fingerprint density at radius 1 is 1.33 bits per heavy atom. The van der Waals surface area contributed by atoms with Gasteiger partial charge < -0.3 is 15.4 Å². The minimum absolute atomic E-state index is 0.392. The molecule has 0 spiro atoms. The number of fused-ring (bicyclic) bond motifs is 1. The number of imidazole rings is 1. The van der Waals surface area contributed by atoms with Crippen molar-refractivity contribution < 1.29 is 4.74 Å². The van der Waals surface area contributed by atoms with Crippen LogP contribution < -0.4 is 15.4 Å². The normalized spacial score (nSPS) is 17.8. The Hall–Kier alpha value is -2.67. The Morgan fingerprint density at radius 2 is 2.29 bits per heavy atom. The van der Waals surface area contributed by atoms with Gasteiger partial charge in [0, 0.05) is 18.7 Å². The summed E-state index contributed by atoms with van der Waals surface area (Å²) in [6, 6.07) is 6.19. The minimum atomic E-state index is 0.392. The summed E-state index contributed by atoms with van der Waals surface area (Å²) in [6.07, 6.45) is 7.59. The number of piperidine rings is 1. The Morgan fingerprint density at radius 3 is 3.12 bits per heavy atom. The van der Waals surface area contributed by atoms with E-state index in [0.29, 0.717) is 6.04 Å². The van der Waals surface area contributed by atoms with Gasteiger partial charge in [-0.05, 0) is 31.5 Å². The summed E-state index contributed by atoms with van der Waals surface area (Å²) >= 11 is 0. The van der Waals surface area contributed by atoms with Crippen molar-refractivity contribution >= 4 is 16.9 Å². The number of nitrogens with zero attached hydrogens (tertiary/aromatic N) is 4. The van der Waals surface area contributed by atoms with E-state index in [1.54, 1.807) is 25.8 Å². The van der Waals surface area contributed by atoms with E-state index in [1.165, 1.54) is 6.42 Å². The van der Waals surface area contributed by atoms with Gasteiger partial charge in [-0.3, -0.25) is 9.55 Å². The molecule has 0 bridgehead atoms. The maximum absolute atomic E-state index is 5.31. The molecular weight excluding hydrogens is 304 g/mol. The number of rotatable bonds is 4. The lowest BCUT2D eigenvalue weighted by atomic mass is 10.1. The van der Waals surface area contributed by atoms with Gasteiger partial charge in [0.2, 0.25) is 0 Å². The zero-order chi connectivity index (χ0) is 16.4. The van der Waals surface area contributed by atoms with E-state index in [4.69, 9.17) is 9.72 Å². The summed E-state index contributed by atoms with van der Waals surface area (Å²) in [6.45, 7) is 2.05. The van der Waals surface area contributed by atoms with Gasteiger partial charge >= 0.3 is 0 Å². The quantitative estimate of drug-likeness (QED) is 0.764. The number of methoxy groups -OCH3 is 1. The van der Waals surface area contributed by atoms with Gasteiger partial charge in [0.25, 0.3) is 0 Å². The maximum Gasteiger partial charge on any atom is 0.159 e. The highest BCUT2D eigenvalue weighted by molar-refractivity contribution is 5.78. The molecule has 1 atom stereocenters. The van der Waals surface area contributed by atoms with Crippen LogP contribution in [0, 0.1) is 0 Å². The maximum atomic E-state index is 5.31. The SMILES string of the molecule is COc1ccc2ncn(-c3cncc(N[C@@H]4CCCNC4)n3)c2c1. The van der Waals surface area contributed by atoms with E-state index < -0.39 is 0 Å². The van der Waals surface area contributed by atoms with Crippen LogP contribution in [0.25, 0.3) is 16.9 Å². The van der Waals surface area contributed by atoms with Crippen LogP contribution >= 0.6 is 0 Å². The molecule has 1 aliphatic heterocycles. The van der Waals surface area contributed by atoms with Crippen LogP contribution in [0.4, 0.5) is 5.82 Å². The first-order chi connectivity index (χ1) is 11.8. The molecular formula is C17H20N6O. The number of hydrogen-bond acceptors (Lipinski definition) is 6. The van der Waals surface area contributed by atoms with Crippen LogP contribution in [-0.2, 0) is 0 Å². The average Bonchev–Trinajstić information content (AvgIpc) is 3.06. The van der Waals surface area contributed by atoms with Gasteiger partial charge in [0.15, 0.2) is 5.82 Å². The number of nitrogens with one attached hydrogen (secondary N) is 2. The molecule has 7 nitrogen and oxygen atoms in total. The highest BCUT2D eigenvalue weighted by Gasteiger charge is 2.14. The third-order valence-corrected chi connectivity index (χ3v) is 4.27. The van der Waals surface area contributed by atoms with Gasteiger partial charge in [-0.2, -0.15) is 0 Å². The minimum Gasteiger partial charge on any atom is -0.497 e. The van der Waals surface area contributed by atoms with E-state index in [0.717, 1.165) is 47.9 Å². The van der Waals surface area contributed by atoms with E-state index >= 15 is 0 Å². The number of anilines is 1. The largest absolute Gasteiger partial charge is 0.497 e. The van der Waals surface area contributed by atoms with Gasteiger partial charge in [-0.1, -0.05) is 0 Å². The van der Waals surface area contributed by atoms with E-state index in [1.807, 2.05) is 22.8 Å². The first-order valence-electron chi connectivity index (χ1n) is 8.14. The Bertz CT molecular complexity index is 840. The van der Waals surface area contributed by atoms with Crippen LogP contribution in [0.2, 0.25) is 0 Å². The fourth-order valence-corrected chi connectivity index (χ4v) is 3.02.